The van der Waals surface area contributed by atoms with Gasteiger partial charge in [0.05, 0.1) is 31.2 Å². The standard InChI is InChI=1S/C21H35ClN2O5S/c1-6-8-10-16(7-2)15-23-21(25)11-9-12-24(30(5,26)27)18-14-19(28-3)17(22)13-20(18)29-4/h13-14,16H,6-12,15H2,1-5H3,(H,23,25). The summed E-state index contributed by atoms with van der Waals surface area (Å²) >= 11 is 6.12. The lowest BCUT2D eigenvalue weighted by atomic mass is 9.99. The average molecular weight is 463 g/mol. The van der Waals surface area contributed by atoms with Crippen LogP contribution in [0.3, 0.4) is 0 Å². The third-order valence-corrected chi connectivity index (χ3v) is 6.49. The number of unbranched alkanes of at least 4 members (excludes halogenated alkanes) is 1. The Balaban J connectivity index is 2.79. The molecule has 1 amide bonds. The summed E-state index contributed by atoms with van der Waals surface area (Å²) in [4.78, 5) is 12.2. The number of carbonyl (C=O) groups is 1. The van der Waals surface area contributed by atoms with Gasteiger partial charge >= 0.3 is 0 Å². The smallest absolute Gasteiger partial charge is 0.232 e. The molecule has 0 bridgehead atoms. The van der Waals surface area contributed by atoms with E-state index in [4.69, 9.17) is 21.1 Å². The first kappa shape index (κ1) is 26.4. The second-order valence-electron chi connectivity index (χ2n) is 7.32. The van der Waals surface area contributed by atoms with Crippen molar-refractivity contribution in [3.63, 3.8) is 0 Å². The van der Waals surface area contributed by atoms with E-state index in [1.165, 1.54) is 30.7 Å². The molecule has 0 spiro atoms. The maximum Gasteiger partial charge on any atom is 0.232 e. The summed E-state index contributed by atoms with van der Waals surface area (Å²) < 4.78 is 36.6. The van der Waals surface area contributed by atoms with Crippen LogP contribution >= 0.6 is 11.6 Å². The van der Waals surface area contributed by atoms with Gasteiger partial charge in [-0.15, -0.1) is 0 Å². The first-order valence-corrected chi connectivity index (χ1v) is 12.6. The van der Waals surface area contributed by atoms with Crippen molar-refractivity contribution in [1.82, 2.24) is 5.32 Å². The lowest BCUT2D eigenvalue weighted by Crippen LogP contribution is -2.33. The largest absolute Gasteiger partial charge is 0.495 e. The van der Waals surface area contributed by atoms with Gasteiger partial charge in [0.1, 0.15) is 11.5 Å². The zero-order valence-electron chi connectivity index (χ0n) is 18.7. The number of nitrogens with one attached hydrogen (secondary N) is 1. The van der Waals surface area contributed by atoms with E-state index in [2.05, 4.69) is 19.2 Å². The number of anilines is 1. The van der Waals surface area contributed by atoms with Crippen molar-refractivity contribution in [3.8, 4) is 11.5 Å². The van der Waals surface area contributed by atoms with Gasteiger partial charge in [-0.25, -0.2) is 8.42 Å². The molecule has 30 heavy (non-hydrogen) atoms. The summed E-state index contributed by atoms with van der Waals surface area (Å²) in [6.07, 6.45) is 6.16. The van der Waals surface area contributed by atoms with Gasteiger partial charge in [-0.2, -0.15) is 0 Å². The van der Waals surface area contributed by atoms with Crippen LogP contribution in [-0.2, 0) is 14.8 Å². The van der Waals surface area contributed by atoms with Crippen molar-refractivity contribution in [3.05, 3.63) is 17.2 Å². The van der Waals surface area contributed by atoms with Gasteiger partial charge in [0.2, 0.25) is 15.9 Å². The summed E-state index contributed by atoms with van der Waals surface area (Å²) in [6.45, 7) is 5.09. The number of methoxy groups -OCH3 is 2. The molecule has 0 radical (unpaired) electrons. The fraction of sp³-hybridized carbons (Fsp3) is 0.667. The zero-order chi connectivity index (χ0) is 22.7. The number of benzene rings is 1. The molecule has 0 saturated carbocycles. The van der Waals surface area contributed by atoms with Crippen LogP contribution in [0, 0.1) is 5.92 Å². The van der Waals surface area contributed by atoms with E-state index in [0.29, 0.717) is 41.1 Å². The van der Waals surface area contributed by atoms with Crippen molar-refractivity contribution >= 4 is 33.2 Å². The molecule has 0 heterocycles. The molecule has 1 unspecified atom stereocenters. The highest BCUT2D eigenvalue weighted by molar-refractivity contribution is 7.92. The van der Waals surface area contributed by atoms with Crippen LogP contribution in [-0.4, -0.2) is 47.9 Å². The van der Waals surface area contributed by atoms with Crippen LogP contribution in [0.4, 0.5) is 5.69 Å². The predicted molar refractivity (Wildman–Crippen MR) is 122 cm³/mol. The maximum absolute atomic E-state index is 12.4. The van der Waals surface area contributed by atoms with E-state index in [1.807, 2.05) is 0 Å². The van der Waals surface area contributed by atoms with E-state index < -0.39 is 10.0 Å². The van der Waals surface area contributed by atoms with Crippen molar-refractivity contribution in [2.24, 2.45) is 5.92 Å². The molecule has 1 N–H and O–H groups in total. The van der Waals surface area contributed by atoms with Crippen LogP contribution in [0.25, 0.3) is 0 Å². The van der Waals surface area contributed by atoms with Gasteiger partial charge in [0, 0.05) is 31.6 Å². The Kier molecular flexibility index (Phi) is 11.3. The second-order valence-corrected chi connectivity index (χ2v) is 9.63. The molecule has 7 nitrogen and oxygen atoms in total. The average Bonchev–Trinajstić information content (AvgIpc) is 2.70. The van der Waals surface area contributed by atoms with Gasteiger partial charge in [0.25, 0.3) is 0 Å². The molecular weight excluding hydrogens is 428 g/mol. The molecule has 1 aromatic rings. The molecule has 0 aliphatic rings. The Morgan fingerprint density at radius 2 is 1.83 bits per heavy atom. The predicted octanol–water partition coefficient (Wildman–Crippen LogP) is 4.24. The molecular formula is C21H35ClN2O5S. The first-order chi connectivity index (χ1) is 14.2. The lowest BCUT2D eigenvalue weighted by molar-refractivity contribution is -0.121. The number of halogens is 1. The summed E-state index contributed by atoms with van der Waals surface area (Å²) in [5.74, 6) is 1.07. The van der Waals surface area contributed by atoms with E-state index in [9.17, 15) is 13.2 Å². The van der Waals surface area contributed by atoms with E-state index >= 15 is 0 Å². The van der Waals surface area contributed by atoms with Gasteiger partial charge < -0.3 is 14.8 Å². The number of hydrogen-bond donors (Lipinski definition) is 1. The Labute approximate surface area is 186 Å². The van der Waals surface area contributed by atoms with Crippen LogP contribution in [0.1, 0.15) is 52.4 Å². The van der Waals surface area contributed by atoms with Crippen LogP contribution in [0.2, 0.25) is 5.02 Å². The molecule has 0 fully saturated rings. The van der Waals surface area contributed by atoms with Crippen molar-refractivity contribution in [1.29, 1.82) is 0 Å². The van der Waals surface area contributed by atoms with Gasteiger partial charge in [-0.1, -0.05) is 44.7 Å². The van der Waals surface area contributed by atoms with E-state index in [-0.39, 0.29) is 18.9 Å². The monoisotopic (exact) mass is 462 g/mol. The number of hydrogen-bond acceptors (Lipinski definition) is 5. The fourth-order valence-corrected chi connectivity index (χ4v) is 4.37. The van der Waals surface area contributed by atoms with Gasteiger partial charge in [-0.3, -0.25) is 9.10 Å². The minimum atomic E-state index is -3.60. The highest BCUT2D eigenvalue weighted by atomic mass is 35.5. The summed E-state index contributed by atoms with van der Waals surface area (Å²) in [5.41, 5.74) is 0.326. The number of amides is 1. The maximum atomic E-state index is 12.4. The zero-order valence-corrected chi connectivity index (χ0v) is 20.2. The molecule has 1 atom stereocenters. The topological polar surface area (TPSA) is 84.9 Å². The summed E-state index contributed by atoms with van der Waals surface area (Å²) in [6, 6.07) is 3.05. The second kappa shape index (κ2) is 12.9. The molecule has 1 rings (SSSR count). The number of carbonyl (C=O) groups excluding carboxylic acids is 1. The van der Waals surface area contributed by atoms with Crippen molar-refractivity contribution < 1.29 is 22.7 Å². The number of sulfonamides is 1. The molecule has 172 valence electrons. The van der Waals surface area contributed by atoms with E-state index in [1.54, 1.807) is 0 Å². The molecule has 1 aromatic carbocycles. The fourth-order valence-electron chi connectivity index (χ4n) is 3.18. The normalized spacial score (nSPS) is 12.3. The van der Waals surface area contributed by atoms with Gasteiger partial charge in [-0.05, 0) is 18.8 Å². The van der Waals surface area contributed by atoms with Crippen LogP contribution in [0.5, 0.6) is 11.5 Å². The quantitative estimate of drug-likeness (QED) is 0.447. The van der Waals surface area contributed by atoms with E-state index in [0.717, 1.165) is 31.9 Å². The highest BCUT2D eigenvalue weighted by Crippen LogP contribution is 2.39. The van der Waals surface area contributed by atoms with Crippen molar-refractivity contribution in [2.75, 3.05) is 37.9 Å². The molecule has 0 aliphatic heterocycles. The van der Waals surface area contributed by atoms with Crippen molar-refractivity contribution in [2.45, 2.75) is 52.4 Å². The lowest BCUT2D eigenvalue weighted by Gasteiger charge is -2.25. The third-order valence-electron chi connectivity index (χ3n) is 5.02. The third kappa shape index (κ3) is 8.22. The number of nitrogens with zero attached hydrogens (tertiary/aromatic N) is 1. The minimum absolute atomic E-state index is 0.0703. The highest BCUT2D eigenvalue weighted by Gasteiger charge is 2.23. The number of rotatable bonds is 14. The first-order valence-electron chi connectivity index (χ1n) is 10.3. The molecule has 0 aliphatic carbocycles. The Hall–Kier alpha value is -1.67. The molecule has 0 aromatic heterocycles. The number of ether oxygens (including phenoxy) is 2. The Bertz CT molecular complexity index is 786. The summed E-state index contributed by atoms with van der Waals surface area (Å²) in [7, 11) is -0.706. The molecule has 0 saturated heterocycles. The van der Waals surface area contributed by atoms with Crippen LogP contribution in [0.15, 0.2) is 12.1 Å². The minimum Gasteiger partial charge on any atom is -0.495 e. The van der Waals surface area contributed by atoms with Crippen LogP contribution < -0.4 is 19.1 Å². The molecule has 9 heteroatoms. The van der Waals surface area contributed by atoms with Gasteiger partial charge in [0.15, 0.2) is 0 Å². The SMILES string of the molecule is CCCCC(CC)CNC(=O)CCCN(c1cc(OC)c(Cl)cc1OC)S(C)(=O)=O. The Morgan fingerprint density at radius 3 is 2.37 bits per heavy atom. The Morgan fingerprint density at radius 1 is 1.17 bits per heavy atom. The summed E-state index contributed by atoms with van der Waals surface area (Å²) in [5, 5.41) is 3.29.